The summed E-state index contributed by atoms with van der Waals surface area (Å²) in [5, 5.41) is 11.5. The molecule has 0 aliphatic carbocycles. The second-order valence-corrected chi connectivity index (χ2v) is 6.13. The number of pyridine rings is 1. The summed E-state index contributed by atoms with van der Waals surface area (Å²) >= 11 is 0. The topological polar surface area (TPSA) is 82.5 Å². The van der Waals surface area contributed by atoms with E-state index in [1.807, 2.05) is 0 Å². The van der Waals surface area contributed by atoms with Gasteiger partial charge >= 0.3 is 12.1 Å². The highest BCUT2D eigenvalue weighted by Gasteiger charge is 2.36. The fourth-order valence-electron chi connectivity index (χ4n) is 2.85. The average molecular weight is 391 g/mol. The lowest BCUT2D eigenvalue weighted by molar-refractivity contribution is -0.137. The van der Waals surface area contributed by atoms with Crippen LogP contribution in [0.3, 0.4) is 0 Å². The Morgan fingerprint density at radius 1 is 1.14 bits per heavy atom. The van der Waals surface area contributed by atoms with Crippen LogP contribution < -0.4 is 10.2 Å². The predicted molar refractivity (Wildman–Crippen MR) is 96.2 cm³/mol. The maximum atomic E-state index is 13.1. The maximum Gasteiger partial charge on any atom is 0.419 e. The summed E-state index contributed by atoms with van der Waals surface area (Å²) in [5.74, 6) is -1.60. The van der Waals surface area contributed by atoms with Gasteiger partial charge in [0.05, 0.1) is 11.1 Å². The number of amides is 1. The number of carboxylic acid groups (broad SMARTS) is 1. The molecule has 0 saturated heterocycles. The van der Waals surface area contributed by atoms with E-state index in [1.54, 1.807) is 6.08 Å². The van der Waals surface area contributed by atoms with Crippen molar-refractivity contribution in [2.45, 2.75) is 12.6 Å². The van der Waals surface area contributed by atoms with Gasteiger partial charge in [0.25, 0.3) is 5.91 Å². The lowest BCUT2D eigenvalue weighted by atomic mass is 10.1. The highest BCUT2D eigenvalue weighted by atomic mass is 19.4. The minimum Gasteiger partial charge on any atom is -0.478 e. The molecular formula is C19H16F3N3O3. The summed E-state index contributed by atoms with van der Waals surface area (Å²) in [6.45, 7) is 0.345. The molecule has 1 amide bonds. The van der Waals surface area contributed by atoms with Gasteiger partial charge in [0.2, 0.25) is 0 Å². The number of aromatic nitrogens is 1. The number of carboxylic acids is 1. The molecule has 2 N–H and O–H groups in total. The third-order valence-corrected chi connectivity index (χ3v) is 4.28. The van der Waals surface area contributed by atoms with Crippen molar-refractivity contribution in [3.8, 4) is 0 Å². The number of hydrogen-bond acceptors (Lipinski definition) is 4. The second-order valence-electron chi connectivity index (χ2n) is 6.13. The summed E-state index contributed by atoms with van der Waals surface area (Å²) in [6.07, 6.45) is -1.38. The third-order valence-electron chi connectivity index (χ3n) is 4.28. The summed E-state index contributed by atoms with van der Waals surface area (Å²) in [5.41, 5.74) is 0.168. The molecule has 0 fully saturated rings. The quantitative estimate of drug-likeness (QED) is 0.833. The number of nitrogens with one attached hydrogen (secondary N) is 1. The number of benzene rings is 1. The molecule has 2 heterocycles. The summed E-state index contributed by atoms with van der Waals surface area (Å²) in [6, 6.07) is 7.90. The number of carbonyl (C=O) groups is 2. The van der Waals surface area contributed by atoms with Gasteiger partial charge in [0, 0.05) is 30.5 Å². The number of nitrogens with zero attached hydrogens (tertiary/aromatic N) is 2. The van der Waals surface area contributed by atoms with E-state index in [0.717, 1.165) is 6.07 Å². The first kappa shape index (κ1) is 19.4. The Balaban J connectivity index is 1.68. The van der Waals surface area contributed by atoms with Gasteiger partial charge in [0.1, 0.15) is 5.82 Å². The van der Waals surface area contributed by atoms with Gasteiger partial charge in [-0.3, -0.25) is 4.79 Å². The first-order valence-corrected chi connectivity index (χ1v) is 8.36. The molecule has 1 aliphatic rings. The maximum absolute atomic E-state index is 13.1. The largest absolute Gasteiger partial charge is 0.478 e. The van der Waals surface area contributed by atoms with E-state index in [2.05, 4.69) is 10.3 Å². The molecule has 0 saturated carbocycles. The third kappa shape index (κ3) is 4.30. The van der Waals surface area contributed by atoms with Gasteiger partial charge in [-0.2, -0.15) is 13.2 Å². The van der Waals surface area contributed by atoms with Crippen LogP contribution in [0, 0.1) is 0 Å². The van der Waals surface area contributed by atoms with Gasteiger partial charge in [-0.05, 0) is 42.8 Å². The fourth-order valence-corrected chi connectivity index (χ4v) is 2.85. The van der Waals surface area contributed by atoms with Gasteiger partial charge in [-0.25, -0.2) is 9.78 Å². The lowest BCUT2D eigenvalue weighted by Gasteiger charge is -2.29. The standard InChI is InChI=1S/C19H16F3N3O3/c20-19(21,22)15-2-1-9-23-16(15)25-10-7-12(8-11-25)17(26)24-14-5-3-13(4-6-14)18(27)28/h1-7,9H,8,10-11H2,(H,24,26)(H,27,28). The van der Waals surface area contributed by atoms with Crippen molar-refractivity contribution < 1.29 is 27.9 Å². The van der Waals surface area contributed by atoms with E-state index in [1.165, 1.54) is 41.4 Å². The van der Waals surface area contributed by atoms with Crippen LogP contribution in [0.1, 0.15) is 22.3 Å². The minimum absolute atomic E-state index is 0.0985. The Labute approximate surface area is 158 Å². The van der Waals surface area contributed by atoms with Crippen LogP contribution in [0.25, 0.3) is 0 Å². The van der Waals surface area contributed by atoms with E-state index in [-0.39, 0.29) is 36.8 Å². The first-order chi connectivity index (χ1) is 13.3. The molecule has 1 aromatic heterocycles. The SMILES string of the molecule is O=C(Nc1ccc(C(=O)O)cc1)C1=CCN(c2ncccc2C(F)(F)F)CC1. The van der Waals surface area contributed by atoms with Gasteiger partial charge < -0.3 is 15.3 Å². The molecule has 146 valence electrons. The summed E-state index contributed by atoms with van der Waals surface area (Å²) in [7, 11) is 0. The molecular weight excluding hydrogens is 375 g/mol. The van der Waals surface area contributed by atoms with E-state index >= 15 is 0 Å². The van der Waals surface area contributed by atoms with Crippen LogP contribution in [0.15, 0.2) is 54.2 Å². The first-order valence-electron chi connectivity index (χ1n) is 8.36. The van der Waals surface area contributed by atoms with Crippen LogP contribution in [-0.2, 0) is 11.0 Å². The molecule has 9 heteroatoms. The number of halogens is 3. The summed E-state index contributed by atoms with van der Waals surface area (Å²) < 4.78 is 39.4. The van der Waals surface area contributed by atoms with Crippen LogP contribution in [0.5, 0.6) is 0 Å². The number of carbonyl (C=O) groups excluding carboxylic acids is 1. The Hall–Kier alpha value is -3.36. The monoisotopic (exact) mass is 391 g/mol. The normalized spacial score (nSPS) is 14.4. The number of rotatable bonds is 4. The molecule has 2 aromatic rings. The number of hydrogen-bond donors (Lipinski definition) is 2. The van der Waals surface area contributed by atoms with Crippen molar-refractivity contribution in [1.29, 1.82) is 0 Å². The molecule has 0 unspecified atom stereocenters. The highest BCUT2D eigenvalue weighted by Crippen LogP contribution is 2.35. The fraction of sp³-hybridized carbons (Fsp3) is 0.211. The zero-order chi connectivity index (χ0) is 20.3. The van der Waals surface area contributed by atoms with Crippen molar-refractivity contribution in [3.05, 3.63) is 65.4 Å². The molecule has 0 bridgehead atoms. The molecule has 1 aromatic carbocycles. The predicted octanol–water partition coefficient (Wildman–Crippen LogP) is 3.57. The molecule has 3 rings (SSSR count). The molecule has 0 radical (unpaired) electrons. The van der Waals surface area contributed by atoms with E-state index in [0.29, 0.717) is 11.3 Å². The van der Waals surface area contributed by atoms with E-state index in [4.69, 9.17) is 5.11 Å². The molecule has 1 aliphatic heterocycles. The zero-order valence-corrected chi connectivity index (χ0v) is 14.5. The molecule has 28 heavy (non-hydrogen) atoms. The van der Waals surface area contributed by atoms with Crippen molar-refractivity contribution >= 4 is 23.4 Å². The van der Waals surface area contributed by atoms with Crippen LogP contribution >= 0.6 is 0 Å². The molecule has 0 spiro atoms. The Kier molecular flexibility index (Phi) is 5.34. The van der Waals surface area contributed by atoms with Crippen molar-refractivity contribution in [2.24, 2.45) is 0 Å². The number of anilines is 2. The number of aromatic carboxylic acids is 1. The van der Waals surface area contributed by atoms with Crippen LogP contribution in [-0.4, -0.2) is 35.1 Å². The summed E-state index contributed by atoms with van der Waals surface area (Å²) in [4.78, 5) is 28.5. The molecule has 6 nitrogen and oxygen atoms in total. The Morgan fingerprint density at radius 2 is 1.86 bits per heavy atom. The van der Waals surface area contributed by atoms with Crippen molar-refractivity contribution in [3.63, 3.8) is 0 Å². The Morgan fingerprint density at radius 3 is 2.43 bits per heavy atom. The van der Waals surface area contributed by atoms with Crippen molar-refractivity contribution in [1.82, 2.24) is 4.98 Å². The van der Waals surface area contributed by atoms with Gasteiger partial charge in [-0.15, -0.1) is 0 Å². The zero-order valence-electron chi connectivity index (χ0n) is 14.5. The van der Waals surface area contributed by atoms with E-state index < -0.39 is 17.7 Å². The smallest absolute Gasteiger partial charge is 0.419 e. The Bertz CT molecular complexity index is 924. The minimum atomic E-state index is -4.51. The van der Waals surface area contributed by atoms with Gasteiger partial charge in [0.15, 0.2) is 0 Å². The lowest BCUT2D eigenvalue weighted by Crippen LogP contribution is -2.33. The second kappa shape index (κ2) is 7.71. The number of alkyl halides is 3. The highest BCUT2D eigenvalue weighted by molar-refractivity contribution is 6.04. The van der Waals surface area contributed by atoms with E-state index in [9.17, 15) is 22.8 Å². The van der Waals surface area contributed by atoms with Crippen LogP contribution in [0.4, 0.5) is 24.7 Å². The average Bonchev–Trinajstić information content (AvgIpc) is 2.68. The van der Waals surface area contributed by atoms with Crippen molar-refractivity contribution in [2.75, 3.05) is 23.3 Å². The van der Waals surface area contributed by atoms with Crippen LogP contribution in [0.2, 0.25) is 0 Å². The molecule has 0 atom stereocenters. The van der Waals surface area contributed by atoms with Gasteiger partial charge in [-0.1, -0.05) is 6.08 Å².